The fourth-order valence-electron chi connectivity index (χ4n) is 3.49. The number of hydrogen-bond acceptors (Lipinski definition) is 5. The molecule has 8 heteroatoms. The van der Waals surface area contributed by atoms with Crippen molar-refractivity contribution < 1.29 is 4.79 Å². The number of amides is 2. The number of carbonyl (C=O) groups is 1. The number of anilines is 1. The Balaban J connectivity index is 1.40. The van der Waals surface area contributed by atoms with E-state index in [1.165, 1.54) is 17.7 Å². The summed E-state index contributed by atoms with van der Waals surface area (Å²) in [6.07, 6.45) is 2.38. The summed E-state index contributed by atoms with van der Waals surface area (Å²) in [5.74, 6) is 2.23. The molecule has 1 saturated carbocycles. The van der Waals surface area contributed by atoms with Crippen LogP contribution in [0.15, 0.2) is 41.8 Å². The Bertz CT molecular complexity index is 960. The lowest BCUT2D eigenvalue weighted by Gasteiger charge is -2.26. The Morgan fingerprint density at radius 3 is 2.58 bits per heavy atom. The minimum absolute atomic E-state index is 0.0813. The molecule has 0 spiro atoms. The van der Waals surface area contributed by atoms with E-state index in [1.807, 2.05) is 40.6 Å². The summed E-state index contributed by atoms with van der Waals surface area (Å²) < 4.78 is 0. The molecule has 0 bridgehead atoms. The monoisotopic (exact) mass is 438 g/mol. The lowest BCUT2D eigenvalue weighted by molar-refractivity contribution is 0.195. The molecule has 2 heterocycles. The van der Waals surface area contributed by atoms with Gasteiger partial charge in [-0.15, -0.1) is 11.3 Å². The number of thiophene rings is 1. The number of likely N-dealkylation sites (N-methyl/N-ethyl adjacent to an activating group) is 1. The zero-order chi connectivity index (χ0) is 21.6. The maximum atomic E-state index is 13.0. The van der Waals surface area contributed by atoms with E-state index in [0.717, 1.165) is 36.7 Å². The lowest BCUT2D eigenvalue weighted by atomic mass is 10.2. The number of H-pyrrole nitrogens is 1. The highest BCUT2D eigenvalue weighted by Gasteiger charge is 2.27. The van der Waals surface area contributed by atoms with Gasteiger partial charge in [0, 0.05) is 35.1 Å². The molecule has 1 aromatic carbocycles. The molecule has 0 saturated heterocycles. The van der Waals surface area contributed by atoms with Gasteiger partial charge in [0.25, 0.3) is 0 Å². The predicted octanol–water partition coefficient (Wildman–Crippen LogP) is 4.79. The first-order valence-corrected chi connectivity index (χ1v) is 11.9. The van der Waals surface area contributed by atoms with Gasteiger partial charge in [0.1, 0.15) is 5.82 Å². The highest BCUT2D eigenvalue weighted by Crippen LogP contribution is 2.38. The van der Waals surface area contributed by atoms with Crippen molar-refractivity contribution >= 4 is 23.1 Å². The zero-order valence-corrected chi connectivity index (χ0v) is 19.0. The number of hydrogen-bond donors (Lipinski definition) is 2. The lowest BCUT2D eigenvalue weighted by Crippen LogP contribution is -2.40. The van der Waals surface area contributed by atoms with Gasteiger partial charge < -0.3 is 15.1 Å². The summed E-state index contributed by atoms with van der Waals surface area (Å²) in [7, 11) is 0. The highest BCUT2D eigenvalue weighted by atomic mass is 32.1. The third kappa shape index (κ3) is 5.71. The predicted molar refractivity (Wildman–Crippen MR) is 125 cm³/mol. The number of rotatable bonds is 10. The van der Waals surface area contributed by atoms with Gasteiger partial charge in [-0.3, -0.25) is 5.10 Å². The van der Waals surface area contributed by atoms with Crippen LogP contribution in [-0.2, 0) is 6.54 Å². The first-order valence-electron chi connectivity index (χ1n) is 11.0. The van der Waals surface area contributed by atoms with E-state index in [4.69, 9.17) is 0 Å². The van der Waals surface area contributed by atoms with E-state index < -0.39 is 0 Å². The van der Waals surface area contributed by atoms with E-state index in [2.05, 4.69) is 45.3 Å². The van der Waals surface area contributed by atoms with Crippen LogP contribution in [0.4, 0.5) is 10.5 Å². The molecular weight excluding hydrogens is 408 g/mol. The van der Waals surface area contributed by atoms with E-state index in [9.17, 15) is 4.79 Å². The third-order valence-electron chi connectivity index (χ3n) is 5.66. The molecule has 0 unspecified atom stereocenters. The summed E-state index contributed by atoms with van der Waals surface area (Å²) in [6.45, 7) is 8.42. The van der Waals surface area contributed by atoms with Crippen LogP contribution in [-0.4, -0.2) is 57.2 Å². The normalized spacial score (nSPS) is 13.5. The molecule has 4 rings (SSSR count). The average molecular weight is 439 g/mol. The number of urea groups is 1. The first-order chi connectivity index (χ1) is 15.2. The molecule has 0 aliphatic heterocycles. The minimum Gasteiger partial charge on any atom is -0.318 e. The van der Waals surface area contributed by atoms with Gasteiger partial charge in [-0.1, -0.05) is 19.9 Å². The summed E-state index contributed by atoms with van der Waals surface area (Å²) in [4.78, 5) is 23.0. The first kappa shape index (κ1) is 21.5. The molecular formula is C23H30N6OS. The molecule has 164 valence electrons. The third-order valence-corrected chi connectivity index (χ3v) is 6.52. The molecule has 1 aliphatic rings. The Hall–Kier alpha value is -2.71. The second-order valence-electron chi connectivity index (χ2n) is 7.85. The van der Waals surface area contributed by atoms with Crippen molar-refractivity contribution in [2.75, 3.05) is 31.5 Å². The van der Waals surface area contributed by atoms with Crippen LogP contribution in [0.5, 0.6) is 0 Å². The number of aromatic nitrogens is 3. The van der Waals surface area contributed by atoms with Gasteiger partial charge in [0.2, 0.25) is 0 Å². The number of nitrogens with zero attached hydrogens (tertiary/aromatic N) is 4. The topological polar surface area (TPSA) is 77.1 Å². The Kier molecular flexibility index (Phi) is 6.99. The Labute approximate surface area is 187 Å². The van der Waals surface area contributed by atoms with E-state index in [0.29, 0.717) is 24.8 Å². The molecule has 0 radical (unpaired) electrons. The summed E-state index contributed by atoms with van der Waals surface area (Å²) in [5, 5.41) is 12.5. The average Bonchev–Trinajstić information content (AvgIpc) is 3.29. The standard InChI is InChI=1S/C23H30N6OS/c1-3-28(4-2)13-14-29(16-20-6-5-15-31-20)23(30)24-19-11-9-18(10-12-19)22-25-21(26-27-22)17-7-8-17/h5-6,9-12,15,17H,3-4,7-8,13-14,16H2,1-2H3,(H,24,30)(H,25,26,27). The van der Waals surface area contributed by atoms with Crippen molar-refractivity contribution in [3.05, 3.63) is 52.5 Å². The fourth-order valence-corrected chi connectivity index (χ4v) is 4.21. The van der Waals surface area contributed by atoms with Crippen LogP contribution in [0.1, 0.15) is 43.3 Å². The summed E-state index contributed by atoms with van der Waals surface area (Å²) >= 11 is 1.68. The van der Waals surface area contributed by atoms with Crippen LogP contribution >= 0.6 is 11.3 Å². The minimum atomic E-state index is -0.0813. The van der Waals surface area contributed by atoms with Crippen LogP contribution in [0, 0.1) is 0 Å². The van der Waals surface area contributed by atoms with Gasteiger partial charge in [-0.25, -0.2) is 9.78 Å². The maximum absolute atomic E-state index is 13.0. The van der Waals surface area contributed by atoms with Crippen LogP contribution in [0.2, 0.25) is 0 Å². The smallest absolute Gasteiger partial charge is 0.318 e. The second kappa shape index (κ2) is 10.1. The van der Waals surface area contributed by atoms with Crippen LogP contribution in [0.3, 0.4) is 0 Å². The van der Waals surface area contributed by atoms with Crippen molar-refractivity contribution in [1.29, 1.82) is 0 Å². The van der Waals surface area contributed by atoms with E-state index in [1.54, 1.807) is 11.3 Å². The van der Waals surface area contributed by atoms with Crippen molar-refractivity contribution in [2.45, 2.75) is 39.2 Å². The van der Waals surface area contributed by atoms with Gasteiger partial charge in [-0.2, -0.15) is 5.10 Å². The molecule has 0 atom stereocenters. The number of carbonyl (C=O) groups excluding carboxylic acids is 1. The summed E-state index contributed by atoms with van der Waals surface area (Å²) in [6, 6.07) is 11.7. The molecule has 31 heavy (non-hydrogen) atoms. The molecule has 3 aromatic rings. The van der Waals surface area contributed by atoms with Gasteiger partial charge >= 0.3 is 6.03 Å². The molecule has 2 aromatic heterocycles. The quantitative estimate of drug-likeness (QED) is 0.477. The summed E-state index contributed by atoms with van der Waals surface area (Å²) in [5.41, 5.74) is 1.71. The van der Waals surface area contributed by atoms with Gasteiger partial charge in [0.15, 0.2) is 5.82 Å². The van der Waals surface area contributed by atoms with Crippen LogP contribution < -0.4 is 5.32 Å². The maximum Gasteiger partial charge on any atom is 0.322 e. The van der Waals surface area contributed by atoms with Gasteiger partial charge in [-0.05, 0) is 61.6 Å². The fraction of sp³-hybridized carbons (Fsp3) is 0.435. The van der Waals surface area contributed by atoms with Crippen molar-refractivity contribution in [2.24, 2.45) is 0 Å². The number of aromatic amines is 1. The van der Waals surface area contributed by atoms with Crippen molar-refractivity contribution in [3.8, 4) is 11.4 Å². The Morgan fingerprint density at radius 1 is 1.16 bits per heavy atom. The van der Waals surface area contributed by atoms with E-state index >= 15 is 0 Å². The van der Waals surface area contributed by atoms with Crippen molar-refractivity contribution in [3.63, 3.8) is 0 Å². The second-order valence-corrected chi connectivity index (χ2v) is 8.89. The molecule has 2 amide bonds. The van der Waals surface area contributed by atoms with E-state index in [-0.39, 0.29) is 6.03 Å². The molecule has 1 fully saturated rings. The zero-order valence-electron chi connectivity index (χ0n) is 18.2. The Morgan fingerprint density at radius 2 is 1.94 bits per heavy atom. The van der Waals surface area contributed by atoms with Gasteiger partial charge in [0.05, 0.1) is 6.54 Å². The number of benzene rings is 1. The van der Waals surface area contributed by atoms with Crippen LogP contribution in [0.25, 0.3) is 11.4 Å². The SMILES string of the molecule is CCN(CC)CCN(Cc1cccs1)C(=O)Nc1ccc(-c2n[nH]c(C3CC3)n2)cc1. The number of nitrogens with one attached hydrogen (secondary N) is 2. The highest BCUT2D eigenvalue weighted by molar-refractivity contribution is 7.09. The van der Waals surface area contributed by atoms with Crippen molar-refractivity contribution in [1.82, 2.24) is 25.0 Å². The largest absolute Gasteiger partial charge is 0.322 e. The molecule has 7 nitrogen and oxygen atoms in total. The molecule has 1 aliphatic carbocycles. The molecule has 2 N–H and O–H groups in total.